The fraction of sp³-hybridized carbons (Fsp3) is 0.235. The average Bonchev–Trinajstić information content (AvgIpc) is 2.60. The SMILES string of the molecule is [2H]C([2H])([2H])C([2H])([2H])N=C1Nc2ccc(Cl)cc2C(c2ccccc2)(C([2H])([2H])[2H])O1. The van der Waals surface area contributed by atoms with Gasteiger partial charge in [0.15, 0.2) is 5.60 Å². The minimum atomic E-state index is -3.08. The van der Waals surface area contributed by atoms with E-state index in [-0.39, 0.29) is 21.8 Å². The standard InChI is InChI=1S/C17H17ClN2O/c1-3-19-16-20-15-10-9-13(18)11-14(15)17(2,21-16)12-7-5-4-6-8-12/h4-11H,3H2,1-2H3,(H,19,20)/i1D3,2D3,3D2. The lowest BCUT2D eigenvalue weighted by Gasteiger charge is -2.38. The maximum Gasteiger partial charge on any atom is 0.290 e. The van der Waals surface area contributed by atoms with Crippen molar-refractivity contribution in [2.75, 3.05) is 11.8 Å². The maximum atomic E-state index is 8.23. The molecule has 0 bridgehead atoms. The zero-order valence-electron chi connectivity index (χ0n) is 18.9. The minimum Gasteiger partial charge on any atom is -0.449 e. The molecule has 0 saturated heterocycles. The van der Waals surface area contributed by atoms with Gasteiger partial charge >= 0.3 is 0 Å². The average molecular weight is 309 g/mol. The third-order valence-electron chi connectivity index (χ3n) is 3.19. The van der Waals surface area contributed by atoms with E-state index in [4.69, 9.17) is 27.3 Å². The molecule has 1 heterocycles. The Bertz CT molecular complexity index is 943. The van der Waals surface area contributed by atoms with Gasteiger partial charge in [-0.1, -0.05) is 41.9 Å². The molecular weight excluding hydrogens is 284 g/mol. The maximum absolute atomic E-state index is 8.23. The van der Waals surface area contributed by atoms with Crippen molar-refractivity contribution in [2.45, 2.75) is 19.3 Å². The largest absolute Gasteiger partial charge is 0.449 e. The molecule has 0 amide bonds. The first-order valence-electron chi connectivity index (χ1n) is 10.2. The Balaban J connectivity index is 2.31. The summed E-state index contributed by atoms with van der Waals surface area (Å²) >= 11 is 6.11. The summed E-state index contributed by atoms with van der Waals surface area (Å²) in [5.41, 5.74) is -1.36. The number of benzene rings is 2. The lowest BCUT2D eigenvalue weighted by molar-refractivity contribution is 0.112. The van der Waals surface area contributed by atoms with Crippen molar-refractivity contribution in [3.8, 4) is 0 Å². The van der Waals surface area contributed by atoms with Crippen LogP contribution in [-0.2, 0) is 10.3 Å². The summed E-state index contributed by atoms with van der Waals surface area (Å²) in [7, 11) is 0. The molecule has 0 aliphatic carbocycles. The van der Waals surface area contributed by atoms with Gasteiger partial charge in [0.25, 0.3) is 6.02 Å². The number of nitrogens with one attached hydrogen (secondary N) is 1. The number of fused-ring (bicyclic) bond motifs is 1. The third kappa shape index (κ3) is 2.49. The number of nitrogens with zero attached hydrogens (tertiary/aromatic N) is 1. The highest BCUT2D eigenvalue weighted by molar-refractivity contribution is 6.30. The van der Waals surface area contributed by atoms with E-state index in [9.17, 15) is 0 Å². The molecule has 21 heavy (non-hydrogen) atoms. The molecule has 1 unspecified atom stereocenters. The molecule has 1 N–H and O–H groups in total. The van der Waals surface area contributed by atoms with Gasteiger partial charge in [-0.05, 0) is 37.5 Å². The van der Waals surface area contributed by atoms with Crippen LogP contribution in [0.3, 0.4) is 0 Å². The van der Waals surface area contributed by atoms with Crippen molar-refractivity contribution in [2.24, 2.45) is 4.99 Å². The molecular formula is C17H17ClN2O. The van der Waals surface area contributed by atoms with E-state index in [1.807, 2.05) is 0 Å². The molecule has 0 radical (unpaired) electrons. The lowest BCUT2D eigenvalue weighted by Crippen LogP contribution is -2.39. The summed E-state index contributed by atoms with van der Waals surface area (Å²) < 4.78 is 68.0. The molecule has 0 spiro atoms. The Hall–Kier alpha value is -2.00. The van der Waals surface area contributed by atoms with Gasteiger partial charge in [0.05, 0.1) is 2.74 Å². The number of ether oxygens (including phenoxy) is 1. The van der Waals surface area contributed by atoms with Gasteiger partial charge in [0.2, 0.25) is 0 Å². The quantitative estimate of drug-likeness (QED) is 0.891. The van der Waals surface area contributed by atoms with Gasteiger partial charge in [-0.15, -0.1) is 0 Å². The van der Waals surface area contributed by atoms with Crippen molar-refractivity contribution in [3.63, 3.8) is 0 Å². The second-order valence-corrected chi connectivity index (χ2v) is 4.93. The normalized spacial score (nSPS) is 29.9. The van der Waals surface area contributed by atoms with Crippen LogP contribution in [0.15, 0.2) is 53.5 Å². The summed E-state index contributed by atoms with van der Waals surface area (Å²) in [4.78, 5) is 3.57. The van der Waals surface area contributed by atoms with Crippen molar-refractivity contribution in [1.29, 1.82) is 0 Å². The number of hydrogen-bond donors (Lipinski definition) is 1. The summed E-state index contributed by atoms with van der Waals surface area (Å²) in [6, 6.07) is 12.0. The molecule has 0 fully saturated rings. The fourth-order valence-corrected chi connectivity index (χ4v) is 2.42. The molecule has 1 atom stereocenters. The van der Waals surface area contributed by atoms with Crippen LogP contribution in [-0.4, -0.2) is 12.5 Å². The van der Waals surface area contributed by atoms with E-state index in [2.05, 4.69) is 10.3 Å². The van der Waals surface area contributed by atoms with Gasteiger partial charge in [-0.2, -0.15) is 0 Å². The Morgan fingerprint density at radius 1 is 1.33 bits per heavy atom. The second-order valence-electron chi connectivity index (χ2n) is 4.49. The number of hydrogen-bond acceptors (Lipinski definition) is 2. The van der Waals surface area contributed by atoms with Crippen LogP contribution in [0.5, 0.6) is 0 Å². The molecule has 2 aromatic carbocycles. The summed E-state index contributed by atoms with van der Waals surface area (Å²) in [5.74, 6) is 0. The van der Waals surface area contributed by atoms with Gasteiger partial charge in [0, 0.05) is 31.0 Å². The summed E-state index contributed by atoms with van der Waals surface area (Å²) in [6.45, 7) is -8.86. The van der Waals surface area contributed by atoms with E-state index < -0.39 is 31.8 Å². The number of aliphatic imine (C=N–C) groups is 1. The predicted molar refractivity (Wildman–Crippen MR) is 87.0 cm³/mol. The Kier molecular flexibility index (Phi) is 1.89. The number of rotatable bonds is 2. The molecule has 1 aliphatic heterocycles. The van der Waals surface area contributed by atoms with Crippen molar-refractivity contribution < 1.29 is 15.7 Å². The number of halogens is 1. The highest BCUT2D eigenvalue weighted by Crippen LogP contribution is 2.41. The van der Waals surface area contributed by atoms with E-state index in [0.29, 0.717) is 0 Å². The lowest BCUT2D eigenvalue weighted by atomic mass is 9.86. The van der Waals surface area contributed by atoms with Crippen LogP contribution < -0.4 is 5.32 Å². The van der Waals surface area contributed by atoms with Crippen LogP contribution in [0, 0.1) is 0 Å². The fourth-order valence-electron chi connectivity index (χ4n) is 2.25. The van der Waals surface area contributed by atoms with Gasteiger partial charge < -0.3 is 10.1 Å². The van der Waals surface area contributed by atoms with Crippen molar-refractivity contribution in [3.05, 3.63) is 64.7 Å². The van der Waals surface area contributed by atoms with Crippen LogP contribution in [0.4, 0.5) is 5.69 Å². The molecule has 108 valence electrons. The zero-order chi connectivity index (χ0) is 21.7. The van der Waals surface area contributed by atoms with Gasteiger partial charge in [0.1, 0.15) is 0 Å². The second kappa shape index (κ2) is 5.41. The minimum absolute atomic E-state index is 0.199. The monoisotopic (exact) mass is 308 g/mol. The van der Waals surface area contributed by atoms with Crippen molar-refractivity contribution in [1.82, 2.24) is 0 Å². The zero-order valence-corrected chi connectivity index (χ0v) is 11.6. The third-order valence-corrected chi connectivity index (χ3v) is 3.43. The molecule has 0 aromatic heterocycles. The Morgan fingerprint density at radius 2 is 2.19 bits per heavy atom. The van der Waals surface area contributed by atoms with E-state index in [1.165, 1.54) is 18.2 Å². The first-order chi connectivity index (χ1) is 13.3. The van der Waals surface area contributed by atoms with E-state index in [0.717, 1.165) is 0 Å². The van der Waals surface area contributed by atoms with Crippen LogP contribution in [0.1, 0.15) is 35.8 Å². The van der Waals surface area contributed by atoms with Crippen LogP contribution >= 0.6 is 11.6 Å². The first-order valence-corrected chi connectivity index (χ1v) is 6.57. The van der Waals surface area contributed by atoms with Gasteiger partial charge in [-0.25, -0.2) is 4.99 Å². The highest BCUT2D eigenvalue weighted by Gasteiger charge is 2.38. The molecule has 1 aliphatic rings. The predicted octanol–water partition coefficient (Wildman–Crippen LogP) is 4.42. The van der Waals surface area contributed by atoms with Crippen LogP contribution in [0.2, 0.25) is 5.02 Å². The van der Waals surface area contributed by atoms with E-state index >= 15 is 0 Å². The smallest absolute Gasteiger partial charge is 0.290 e. The topological polar surface area (TPSA) is 33.6 Å². The summed E-state index contributed by atoms with van der Waals surface area (Å²) in [5, 5.41) is 2.95. The number of amidine groups is 1. The molecule has 4 heteroatoms. The van der Waals surface area contributed by atoms with Crippen molar-refractivity contribution >= 4 is 23.3 Å². The molecule has 0 saturated carbocycles. The number of anilines is 1. The first kappa shape index (κ1) is 7.32. The summed E-state index contributed by atoms with van der Waals surface area (Å²) in [6.07, 6.45) is 0. The molecule has 2 aromatic rings. The Morgan fingerprint density at radius 3 is 2.95 bits per heavy atom. The molecule has 3 rings (SSSR count). The van der Waals surface area contributed by atoms with Crippen LogP contribution in [0.25, 0.3) is 0 Å². The highest BCUT2D eigenvalue weighted by atomic mass is 35.5. The van der Waals surface area contributed by atoms with E-state index in [1.54, 1.807) is 30.3 Å². The molecule has 3 nitrogen and oxygen atoms in total. The van der Waals surface area contributed by atoms with Gasteiger partial charge in [-0.3, -0.25) is 0 Å². The Labute approximate surface area is 140 Å².